The van der Waals surface area contributed by atoms with Crippen LogP contribution in [-0.2, 0) is 10.0 Å². The first-order valence-corrected chi connectivity index (χ1v) is 16.1. The molecule has 1 N–H and O–H groups in total. The maximum absolute atomic E-state index is 14.3. The fraction of sp³-hybridized carbons (Fsp3) is 0.281. The number of aromatic nitrogens is 5. The van der Waals surface area contributed by atoms with E-state index in [0.29, 0.717) is 70.8 Å². The molecule has 44 heavy (non-hydrogen) atoms. The van der Waals surface area contributed by atoms with Gasteiger partial charge in [0.2, 0.25) is 10.0 Å². The second-order valence-corrected chi connectivity index (χ2v) is 12.9. The van der Waals surface area contributed by atoms with Gasteiger partial charge in [-0.15, -0.1) is 0 Å². The van der Waals surface area contributed by atoms with Crippen LogP contribution < -0.4 is 10.9 Å². The van der Waals surface area contributed by atoms with Gasteiger partial charge in [-0.1, -0.05) is 36.1 Å². The molecule has 0 unspecified atom stereocenters. The molecule has 0 spiro atoms. The van der Waals surface area contributed by atoms with E-state index in [4.69, 9.17) is 4.98 Å². The molecule has 6 rings (SSSR count). The predicted octanol–water partition coefficient (Wildman–Crippen LogP) is 3.25. The molecule has 11 nitrogen and oxygen atoms in total. The zero-order valence-electron chi connectivity index (χ0n) is 24.6. The second-order valence-electron chi connectivity index (χ2n) is 10.9. The van der Waals surface area contributed by atoms with Gasteiger partial charge in [-0.25, -0.2) is 27.2 Å². The van der Waals surface area contributed by atoms with Crippen LogP contribution in [0.15, 0.2) is 71.8 Å². The van der Waals surface area contributed by atoms with Crippen molar-refractivity contribution in [3.05, 3.63) is 100.0 Å². The Labute approximate surface area is 254 Å². The van der Waals surface area contributed by atoms with Crippen LogP contribution in [0.3, 0.4) is 0 Å². The Balaban J connectivity index is 1.39. The van der Waals surface area contributed by atoms with Gasteiger partial charge in [0.25, 0.3) is 11.5 Å². The largest absolute Gasteiger partial charge is 0.342 e. The summed E-state index contributed by atoms with van der Waals surface area (Å²) in [6.45, 7) is 4.38. The van der Waals surface area contributed by atoms with Gasteiger partial charge >= 0.3 is 0 Å². The molecule has 1 aliphatic rings. The minimum absolute atomic E-state index is 0.0138. The summed E-state index contributed by atoms with van der Waals surface area (Å²) in [6, 6.07) is 15.6. The number of carbonyl (C=O) groups is 1. The lowest BCUT2D eigenvalue weighted by molar-refractivity contribution is 0.0938. The smallest absolute Gasteiger partial charge is 0.267 e. The highest BCUT2D eigenvalue weighted by atomic mass is 32.2. The Hall–Kier alpha value is -4.86. The summed E-state index contributed by atoms with van der Waals surface area (Å²) in [7, 11) is -3.23. The maximum atomic E-state index is 14.3. The van der Waals surface area contributed by atoms with E-state index >= 15 is 0 Å². The fourth-order valence-corrected chi connectivity index (χ4v) is 6.45. The van der Waals surface area contributed by atoms with Gasteiger partial charge in [0.05, 0.1) is 34.6 Å². The number of fused-ring (bicyclic) bond motifs is 2. The molecule has 12 heteroatoms. The number of sulfonamides is 1. The van der Waals surface area contributed by atoms with Crippen LogP contribution in [0.1, 0.15) is 53.2 Å². The lowest BCUT2D eigenvalue weighted by atomic mass is 9.98. The third-order valence-corrected chi connectivity index (χ3v) is 9.11. The summed E-state index contributed by atoms with van der Waals surface area (Å²) in [6.07, 6.45) is 5.81. The number of aryl methyl sites for hydroxylation is 1. The number of rotatable bonds is 5. The van der Waals surface area contributed by atoms with Crippen LogP contribution in [0.4, 0.5) is 0 Å². The number of para-hydroxylation sites is 1. The standard InChI is InChI=1S/C32H31N7O4S/c1-21-27(30-33-17-8-18-38(30)36-21)31(40)34-22(2)29-35-26-12-7-9-24(14-13-23-15-19-37(20-16-23)44(3,42)43)28(26)32(41)39(29)25-10-5-4-6-11-25/h4-12,17-18,22-23H,15-16,19-20H2,1-3H3,(H,34,40)/t22-/m1/s1. The van der Waals surface area contributed by atoms with E-state index in [-0.39, 0.29) is 17.4 Å². The molecule has 1 amide bonds. The number of carbonyl (C=O) groups excluding carboxylic acids is 1. The highest BCUT2D eigenvalue weighted by Crippen LogP contribution is 2.23. The van der Waals surface area contributed by atoms with Crippen molar-refractivity contribution in [3.8, 4) is 17.5 Å². The van der Waals surface area contributed by atoms with E-state index < -0.39 is 16.1 Å². The quantitative estimate of drug-likeness (QED) is 0.303. The van der Waals surface area contributed by atoms with Crippen LogP contribution in [0, 0.1) is 24.7 Å². The summed E-state index contributed by atoms with van der Waals surface area (Å²) in [5, 5.41) is 7.77. The van der Waals surface area contributed by atoms with Crippen molar-refractivity contribution in [2.75, 3.05) is 19.3 Å². The van der Waals surface area contributed by atoms with Gasteiger partial charge in [0.15, 0.2) is 5.65 Å². The average Bonchev–Trinajstić information content (AvgIpc) is 3.35. The second kappa shape index (κ2) is 11.7. The molecular weight excluding hydrogens is 578 g/mol. The minimum atomic E-state index is -3.23. The molecule has 4 heterocycles. The number of hydrogen-bond acceptors (Lipinski definition) is 7. The third-order valence-electron chi connectivity index (χ3n) is 7.80. The normalized spacial score (nSPS) is 15.2. The predicted molar refractivity (Wildman–Crippen MR) is 167 cm³/mol. The molecule has 1 aliphatic heterocycles. The molecule has 1 atom stereocenters. The van der Waals surface area contributed by atoms with Gasteiger partial charge in [0.1, 0.15) is 11.4 Å². The third kappa shape index (κ3) is 5.59. The first-order chi connectivity index (χ1) is 21.1. The van der Waals surface area contributed by atoms with Crippen LogP contribution in [0.2, 0.25) is 0 Å². The molecule has 0 bridgehead atoms. The van der Waals surface area contributed by atoms with Crippen molar-refractivity contribution in [2.24, 2.45) is 5.92 Å². The Morgan fingerprint density at radius 2 is 1.82 bits per heavy atom. The van der Waals surface area contributed by atoms with Crippen LogP contribution in [0.25, 0.3) is 22.2 Å². The van der Waals surface area contributed by atoms with Crippen molar-refractivity contribution < 1.29 is 13.2 Å². The van der Waals surface area contributed by atoms with Gasteiger partial charge in [0, 0.05) is 37.0 Å². The molecular formula is C32H31N7O4S. The monoisotopic (exact) mass is 609 g/mol. The highest BCUT2D eigenvalue weighted by Gasteiger charge is 2.26. The molecule has 0 saturated carbocycles. The van der Waals surface area contributed by atoms with Crippen molar-refractivity contribution in [3.63, 3.8) is 0 Å². The summed E-state index contributed by atoms with van der Waals surface area (Å²) >= 11 is 0. The van der Waals surface area contributed by atoms with Crippen molar-refractivity contribution in [1.29, 1.82) is 0 Å². The Kier molecular flexibility index (Phi) is 7.75. The van der Waals surface area contributed by atoms with Crippen LogP contribution in [0.5, 0.6) is 0 Å². The molecule has 1 saturated heterocycles. The molecule has 1 fully saturated rings. The van der Waals surface area contributed by atoms with Gasteiger partial charge in [-0.2, -0.15) is 5.10 Å². The SMILES string of the molecule is Cc1nn2cccnc2c1C(=O)N[C@H](C)c1nc2cccc(C#CC3CCN(S(C)(=O)=O)CC3)c2c(=O)n1-c1ccccc1. The number of piperidine rings is 1. The van der Waals surface area contributed by atoms with E-state index in [1.807, 2.05) is 30.3 Å². The first-order valence-electron chi connectivity index (χ1n) is 14.3. The summed E-state index contributed by atoms with van der Waals surface area (Å²) in [4.78, 5) is 37.0. The van der Waals surface area contributed by atoms with Crippen LogP contribution in [-0.4, -0.2) is 62.1 Å². The van der Waals surface area contributed by atoms with Gasteiger partial charge in [-0.05, 0) is 57.0 Å². The average molecular weight is 610 g/mol. The Bertz CT molecular complexity index is 2120. The zero-order valence-corrected chi connectivity index (χ0v) is 25.4. The highest BCUT2D eigenvalue weighted by molar-refractivity contribution is 7.88. The number of amides is 1. The topological polar surface area (TPSA) is 132 Å². The molecule has 2 aromatic carbocycles. The number of benzene rings is 2. The van der Waals surface area contributed by atoms with E-state index in [1.54, 1.807) is 55.0 Å². The Morgan fingerprint density at radius 3 is 2.55 bits per heavy atom. The van der Waals surface area contributed by atoms with Gasteiger partial charge in [-0.3, -0.25) is 14.2 Å². The first kappa shape index (κ1) is 29.2. The lowest BCUT2D eigenvalue weighted by Crippen LogP contribution is -2.37. The molecule has 5 aromatic rings. The minimum Gasteiger partial charge on any atom is -0.342 e. The maximum Gasteiger partial charge on any atom is 0.267 e. The van der Waals surface area contributed by atoms with E-state index in [0.717, 1.165) is 0 Å². The lowest BCUT2D eigenvalue weighted by Gasteiger charge is -2.27. The number of nitrogens with zero attached hydrogens (tertiary/aromatic N) is 6. The van der Waals surface area contributed by atoms with E-state index in [2.05, 4.69) is 27.2 Å². The fourth-order valence-electron chi connectivity index (χ4n) is 5.58. The summed E-state index contributed by atoms with van der Waals surface area (Å²) < 4.78 is 28.3. The van der Waals surface area contributed by atoms with E-state index in [1.165, 1.54) is 15.1 Å². The van der Waals surface area contributed by atoms with Crippen molar-refractivity contribution >= 4 is 32.5 Å². The van der Waals surface area contributed by atoms with E-state index in [9.17, 15) is 18.0 Å². The molecule has 0 radical (unpaired) electrons. The van der Waals surface area contributed by atoms with Gasteiger partial charge < -0.3 is 5.32 Å². The van der Waals surface area contributed by atoms with Crippen molar-refractivity contribution in [1.82, 2.24) is 33.8 Å². The number of nitrogens with one attached hydrogen (secondary N) is 1. The summed E-state index contributed by atoms with van der Waals surface area (Å²) in [5.74, 6) is 6.47. The summed E-state index contributed by atoms with van der Waals surface area (Å²) in [5.41, 5.74) is 2.64. The number of hydrogen-bond donors (Lipinski definition) is 1. The molecule has 0 aliphatic carbocycles. The molecule has 224 valence electrons. The Morgan fingerprint density at radius 1 is 1.07 bits per heavy atom. The molecule has 3 aromatic heterocycles. The zero-order chi connectivity index (χ0) is 31.0. The van der Waals surface area contributed by atoms with Crippen molar-refractivity contribution in [2.45, 2.75) is 32.7 Å². The van der Waals surface area contributed by atoms with Crippen LogP contribution >= 0.6 is 0 Å².